The van der Waals surface area contributed by atoms with Crippen molar-refractivity contribution in [3.63, 3.8) is 0 Å². The molecule has 20 heavy (non-hydrogen) atoms. The molecule has 1 aromatic carbocycles. The zero-order chi connectivity index (χ0) is 14.0. The smallest absolute Gasteiger partial charge is 0.768 e. The molecule has 1 aliphatic heterocycles. The summed E-state index contributed by atoms with van der Waals surface area (Å²) >= 11 is -2.44. The fourth-order valence-corrected chi connectivity index (χ4v) is 4.01. The molecule has 9 heteroatoms. The van der Waals surface area contributed by atoms with E-state index in [1.165, 1.54) is 22.5 Å². The predicted octanol–water partition coefficient (Wildman–Crippen LogP) is -2.74. The molecule has 1 fully saturated rings. The molecule has 1 aromatic rings. The summed E-state index contributed by atoms with van der Waals surface area (Å²) in [4.78, 5) is 0.00790. The normalized spacial score (nSPS) is 18.3. The van der Waals surface area contributed by atoms with Crippen molar-refractivity contribution in [2.45, 2.75) is 16.7 Å². The van der Waals surface area contributed by atoms with E-state index in [1.54, 1.807) is 6.92 Å². The van der Waals surface area contributed by atoms with Gasteiger partial charge in [-0.1, -0.05) is 6.07 Å². The molecule has 0 radical (unpaired) electrons. The van der Waals surface area contributed by atoms with Gasteiger partial charge in [0, 0.05) is 18.0 Å². The molecule has 2 rings (SSSR count). The van der Waals surface area contributed by atoms with E-state index in [1.807, 2.05) is 0 Å². The van der Waals surface area contributed by atoms with E-state index in [0.717, 1.165) is 0 Å². The third-order valence-corrected chi connectivity index (χ3v) is 5.62. The van der Waals surface area contributed by atoms with Crippen LogP contribution in [-0.2, 0) is 25.8 Å². The molecule has 0 saturated carbocycles. The Bertz CT molecular complexity index is 599. The fraction of sp³-hybridized carbons (Fsp3) is 0.455. The summed E-state index contributed by atoms with van der Waals surface area (Å²) in [6, 6.07) is 4.08. The monoisotopic (exact) mass is 327 g/mol. The van der Waals surface area contributed by atoms with E-state index >= 15 is 0 Å². The van der Waals surface area contributed by atoms with Gasteiger partial charge in [0.25, 0.3) is 0 Å². The van der Waals surface area contributed by atoms with E-state index < -0.39 is 21.1 Å². The molecule has 0 spiro atoms. The first-order chi connectivity index (χ1) is 8.93. The molecule has 1 atom stereocenters. The third kappa shape index (κ3) is 3.89. The minimum Gasteiger partial charge on any atom is -0.768 e. The van der Waals surface area contributed by atoms with Crippen molar-refractivity contribution in [2.75, 3.05) is 26.3 Å². The van der Waals surface area contributed by atoms with Crippen LogP contribution in [0.5, 0.6) is 0 Å². The van der Waals surface area contributed by atoms with Gasteiger partial charge in [0.05, 0.1) is 18.1 Å². The Morgan fingerprint density at radius 2 is 1.90 bits per heavy atom. The number of sulfonamides is 1. The SMILES string of the molecule is Cc1ccc(S(=O)[O-])cc1S(=O)(=O)N1CCOCC1.[Na+]. The number of ether oxygens (including phenoxy) is 1. The molecule has 0 amide bonds. The zero-order valence-corrected chi connectivity index (χ0v) is 15.0. The minimum atomic E-state index is -3.67. The van der Waals surface area contributed by atoms with Crippen LogP contribution in [0, 0.1) is 6.92 Å². The Labute approximate surface area is 143 Å². The van der Waals surface area contributed by atoms with Gasteiger partial charge in [-0.2, -0.15) is 4.31 Å². The summed E-state index contributed by atoms with van der Waals surface area (Å²) in [7, 11) is -3.67. The Morgan fingerprint density at radius 3 is 2.45 bits per heavy atom. The first-order valence-corrected chi connectivity index (χ1v) is 8.22. The van der Waals surface area contributed by atoms with Crippen molar-refractivity contribution in [1.82, 2.24) is 4.31 Å². The second-order valence-electron chi connectivity index (χ2n) is 4.18. The van der Waals surface area contributed by atoms with Crippen LogP contribution in [0.2, 0.25) is 0 Å². The number of hydrogen-bond acceptors (Lipinski definition) is 5. The summed E-state index contributed by atoms with van der Waals surface area (Å²) in [6.45, 7) is 2.92. The predicted molar refractivity (Wildman–Crippen MR) is 67.9 cm³/mol. The number of hydrogen-bond donors (Lipinski definition) is 0. The second-order valence-corrected chi connectivity index (χ2v) is 7.03. The van der Waals surface area contributed by atoms with Gasteiger partial charge in [0.15, 0.2) is 0 Å². The molecule has 0 bridgehead atoms. The van der Waals surface area contributed by atoms with Gasteiger partial charge in [-0.05, 0) is 35.7 Å². The average molecular weight is 327 g/mol. The van der Waals surface area contributed by atoms with Crippen LogP contribution in [0.15, 0.2) is 28.0 Å². The Balaban J connectivity index is 0.00000200. The zero-order valence-electron chi connectivity index (χ0n) is 11.4. The minimum absolute atomic E-state index is 0. The van der Waals surface area contributed by atoms with Crippen molar-refractivity contribution in [3.8, 4) is 0 Å². The van der Waals surface area contributed by atoms with Crippen molar-refractivity contribution >= 4 is 21.1 Å². The topological polar surface area (TPSA) is 86.7 Å². The Kier molecular flexibility index (Phi) is 6.81. The van der Waals surface area contributed by atoms with Gasteiger partial charge in [-0.3, -0.25) is 4.21 Å². The summed E-state index contributed by atoms with van der Waals surface area (Å²) in [6.07, 6.45) is 0. The summed E-state index contributed by atoms with van der Waals surface area (Å²) in [5, 5.41) is 0. The fourth-order valence-electron chi connectivity index (χ4n) is 1.89. The van der Waals surface area contributed by atoms with Gasteiger partial charge in [-0.25, -0.2) is 8.42 Å². The number of aryl methyl sites for hydroxylation is 1. The number of rotatable bonds is 3. The standard InChI is InChI=1S/C11H15NO5S2.Na/c1-9-2-3-10(18(13)14)8-11(9)19(15,16)12-4-6-17-7-5-12;/h2-3,8H,4-7H2,1H3,(H,13,14);/q;+1/p-1. The number of benzene rings is 1. The van der Waals surface area contributed by atoms with E-state index in [0.29, 0.717) is 18.8 Å². The van der Waals surface area contributed by atoms with Crippen molar-refractivity contribution in [1.29, 1.82) is 0 Å². The number of morpholine rings is 1. The van der Waals surface area contributed by atoms with Crippen LogP contribution in [0.3, 0.4) is 0 Å². The maximum Gasteiger partial charge on any atom is 1.00 e. The average Bonchev–Trinajstić information content (AvgIpc) is 2.39. The van der Waals surface area contributed by atoms with Gasteiger partial charge < -0.3 is 9.29 Å². The van der Waals surface area contributed by atoms with Crippen LogP contribution >= 0.6 is 0 Å². The van der Waals surface area contributed by atoms with Gasteiger partial charge in [-0.15, -0.1) is 0 Å². The second kappa shape index (κ2) is 7.46. The molecule has 1 heterocycles. The van der Waals surface area contributed by atoms with Crippen molar-refractivity contribution in [3.05, 3.63) is 23.8 Å². The first kappa shape index (κ1) is 18.2. The van der Waals surface area contributed by atoms with Crippen LogP contribution in [0.4, 0.5) is 0 Å². The van der Waals surface area contributed by atoms with E-state index in [9.17, 15) is 17.2 Å². The van der Waals surface area contributed by atoms with E-state index in [4.69, 9.17) is 4.74 Å². The van der Waals surface area contributed by atoms with Crippen LogP contribution < -0.4 is 29.6 Å². The van der Waals surface area contributed by atoms with Gasteiger partial charge >= 0.3 is 29.6 Å². The van der Waals surface area contributed by atoms with Crippen molar-refractivity contribution < 1.29 is 51.5 Å². The molecule has 0 aromatic heterocycles. The molecule has 1 aliphatic rings. The first-order valence-electron chi connectivity index (χ1n) is 5.71. The van der Waals surface area contributed by atoms with Gasteiger partial charge in [0.2, 0.25) is 10.0 Å². The van der Waals surface area contributed by atoms with E-state index in [-0.39, 0.29) is 52.4 Å². The van der Waals surface area contributed by atoms with Crippen molar-refractivity contribution in [2.24, 2.45) is 0 Å². The molecule has 0 aliphatic carbocycles. The number of nitrogens with zero attached hydrogens (tertiary/aromatic N) is 1. The summed E-state index contributed by atoms with van der Waals surface area (Å²) in [5.74, 6) is 0. The molecule has 106 valence electrons. The maximum atomic E-state index is 12.5. The molecule has 1 unspecified atom stereocenters. The Hall–Kier alpha value is 0.200. The Morgan fingerprint density at radius 1 is 1.30 bits per heavy atom. The molecular formula is C11H14NNaO5S2. The molecule has 1 saturated heterocycles. The van der Waals surface area contributed by atoms with Crippen LogP contribution in [0.25, 0.3) is 0 Å². The van der Waals surface area contributed by atoms with Gasteiger partial charge in [0.1, 0.15) is 0 Å². The maximum absolute atomic E-state index is 12.5. The third-order valence-electron chi connectivity index (χ3n) is 2.94. The molecule has 0 N–H and O–H groups in total. The molecular weight excluding hydrogens is 313 g/mol. The molecule has 6 nitrogen and oxygen atoms in total. The van der Waals surface area contributed by atoms with Crippen LogP contribution in [-0.4, -0.2) is 47.8 Å². The van der Waals surface area contributed by atoms with E-state index in [2.05, 4.69) is 0 Å². The summed E-state index contributed by atoms with van der Waals surface area (Å²) < 4.78 is 53.2. The largest absolute Gasteiger partial charge is 1.00 e. The van der Waals surface area contributed by atoms with Crippen LogP contribution in [0.1, 0.15) is 5.56 Å². The quantitative estimate of drug-likeness (QED) is 0.444. The summed E-state index contributed by atoms with van der Waals surface area (Å²) in [5.41, 5.74) is 0.528.